The van der Waals surface area contributed by atoms with Crippen molar-refractivity contribution in [3.05, 3.63) is 21.3 Å². The molecule has 0 aromatic carbocycles. The van der Waals surface area contributed by atoms with E-state index in [0.29, 0.717) is 13.0 Å². The van der Waals surface area contributed by atoms with Crippen molar-refractivity contribution in [2.75, 3.05) is 39.3 Å². The maximum Gasteiger partial charge on any atom is 0.223 e. The van der Waals surface area contributed by atoms with E-state index >= 15 is 0 Å². The summed E-state index contributed by atoms with van der Waals surface area (Å²) in [6, 6.07) is 1.93. The molecule has 1 N–H and O–H groups in total. The third-order valence-electron chi connectivity index (χ3n) is 3.35. The number of piperazine rings is 1. The zero-order valence-electron chi connectivity index (χ0n) is 10.8. The predicted molar refractivity (Wildman–Crippen MR) is 77.8 cm³/mol. The van der Waals surface area contributed by atoms with E-state index in [0.717, 1.165) is 42.5 Å². The van der Waals surface area contributed by atoms with Gasteiger partial charge in [-0.05, 0) is 12.5 Å². The summed E-state index contributed by atoms with van der Waals surface area (Å²) in [6.45, 7) is 4.14. The second kappa shape index (κ2) is 7.24. The Morgan fingerprint density at radius 3 is 2.68 bits per heavy atom. The SMILES string of the molecule is O=C(CCc1cc(Cl)cs1)N1CCN(CCO)CC1. The molecule has 0 atom stereocenters. The molecule has 1 saturated heterocycles. The average Bonchev–Trinajstić information content (AvgIpc) is 2.83. The van der Waals surface area contributed by atoms with Gasteiger partial charge in [0.05, 0.1) is 11.6 Å². The van der Waals surface area contributed by atoms with E-state index in [1.165, 1.54) is 0 Å². The highest BCUT2D eigenvalue weighted by Gasteiger charge is 2.20. The Labute approximate surface area is 122 Å². The van der Waals surface area contributed by atoms with Crippen molar-refractivity contribution in [2.45, 2.75) is 12.8 Å². The molecule has 0 radical (unpaired) electrons. The molecule has 19 heavy (non-hydrogen) atoms. The lowest BCUT2D eigenvalue weighted by Crippen LogP contribution is -2.49. The number of amides is 1. The van der Waals surface area contributed by atoms with Crippen LogP contribution in [0, 0.1) is 0 Å². The Bertz CT molecular complexity index is 417. The summed E-state index contributed by atoms with van der Waals surface area (Å²) in [6.07, 6.45) is 1.32. The fourth-order valence-corrected chi connectivity index (χ4v) is 3.31. The van der Waals surface area contributed by atoms with Crippen LogP contribution < -0.4 is 0 Å². The number of hydrogen-bond acceptors (Lipinski definition) is 4. The van der Waals surface area contributed by atoms with Gasteiger partial charge in [-0.3, -0.25) is 9.69 Å². The maximum atomic E-state index is 12.1. The molecule has 1 amide bonds. The molecule has 4 nitrogen and oxygen atoms in total. The Balaban J connectivity index is 1.72. The molecule has 1 aromatic rings. The third-order valence-corrected chi connectivity index (χ3v) is 4.69. The maximum absolute atomic E-state index is 12.1. The molecule has 2 heterocycles. The van der Waals surface area contributed by atoms with Crippen LogP contribution in [0.25, 0.3) is 0 Å². The van der Waals surface area contributed by atoms with E-state index in [4.69, 9.17) is 16.7 Å². The van der Waals surface area contributed by atoms with Crippen LogP contribution in [-0.4, -0.2) is 60.1 Å². The highest BCUT2D eigenvalue weighted by Crippen LogP contribution is 2.20. The van der Waals surface area contributed by atoms with E-state index in [1.807, 2.05) is 16.3 Å². The zero-order chi connectivity index (χ0) is 13.7. The van der Waals surface area contributed by atoms with E-state index < -0.39 is 0 Å². The van der Waals surface area contributed by atoms with Gasteiger partial charge in [-0.15, -0.1) is 11.3 Å². The molecule has 0 spiro atoms. The molecule has 106 valence electrons. The van der Waals surface area contributed by atoms with Gasteiger partial charge in [0.1, 0.15) is 0 Å². The van der Waals surface area contributed by atoms with Gasteiger partial charge in [-0.1, -0.05) is 11.6 Å². The van der Waals surface area contributed by atoms with Crippen LogP contribution in [0.4, 0.5) is 0 Å². The van der Waals surface area contributed by atoms with Crippen molar-refractivity contribution in [1.82, 2.24) is 9.80 Å². The van der Waals surface area contributed by atoms with E-state index in [1.54, 1.807) is 11.3 Å². The minimum Gasteiger partial charge on any atom is -0.395 e. The molecule has 0 saturated carbocycles. The number of nitrogens with zero attached hydrogens (tertiary/aromatic N) is 2. The molecule has 6 heteroatoms. The number of carbonyl (C=O) groups is 1. The fraction of sp³-hybridized carbons (Fsp3) is 0.615. The highest BCUT2D eigenvalue weighted by atomic mass is 35.5. The molecule has 1 aromatic heterocycles. The van der Waals surface area contributed by atoms with Gasteiger partial charge >= 0.3 is 0 Å². The lowest BCUT2D eigenvalue weighted by molar-refractivity contribution is -0.132. The van der Waals surface area contributed by atoms with Crippen LogP contribution in [0.2, 0.25) is 5.02 Å². The number of rotatable bonds is 5. The molecule has 1 fully saturated rings. The fourth-order valence-electron chi connectivity index (χ4n) is 2.24. The van der Waals surface area contributed by atoms with E-state index in [2.05, 4.69) is 4.90 Å². The van der Waals surface area contributed by atoms with Gasteiger partial charge in [0.2, 0.25) is 5.91 Å². The number of aliphatic hydroxyl groups excluding tert-OH is 1. The predicted octanol–water partition coefficient (Wildman–Crippen LogP) is 1.47. The number of carbonyl (C=O) groups excluding carboxylic acids is 1. The zero-order valence-corrected chi connectivity index (χ0v) is 12.4. The summed E-state index contributed by atoms with van der Waals surface area (Å²) >= 11 is 7.47. The lowest BCUT2D eigenvalue weighted by atomic mass is 10.2. The number of thiophene rings is 1. The molecular weight excluding hydrogens is 284 g/mol. The smallest absolute Gasteiger partial charge is 0.223 e. The average molecular weight is 303 g/mol. The van der Waals surface area contributed by atoms with Crippen LogP contribution in [-0.2, 0) is 11.2 Å². The van der Waals surface area contributed by atoms with Crippen LogP contribution in [0.15, 0.2) is 11.4 Å². The molecule has 2 rings (SSSR count). The number of β-amino-alcohol motifs (C(OH)–C–C–N with tert-alkyl or cyclic N) is 1. The number of aryl methyl sites for hydroxylation is 1. The second-order valence-electron chi connectivity index (χ2n) is 4.68. The first-order valence-electron chi connectivity index (χ1n) is 6.53. The number of aliphatic hydroxyl groups is 1. The standard InChI is InChI=1S/C13H19ClN2O2S/c14-11-9-12(19-10-11)1-2-13(18)16-5-3-15(4-6-16)7-8-17/h9-10,17H,1-8H2. The summed E-state index contributed by atoms with van der Waals surface area (Å²) in [5.41, 5.74) is 0. The minimum atomic E-state index is 0.188. The van der Waals surface area contributed by atoms with Gasteiger partial charge in [0, 0.05) is 49.4 Å². The first-order chi connectivity index (χ1) is 9.19. The first-order valence-corrected chi connectivity index (χ1v) is 7.78. The Kier molecular flexibility index (Phi) is 5.63. The minimum absolute atomic E-state index is 0.188. The quantitative estimate of drug-likeness (QED) is 0.896. The van der Waals surface area contributed by atoms with Crippen LogP contribution in [0.3, 0.4) is 0 Å². The van der Waals surface area contributed by atoms with Crippen LogP contribution in [0.1, 0.15) is 11.3 Å². The Morgan fingerprint density at radius 1 is 1.37 bits per heavy atom. The van der Waals surface area contributed by atoms with Crippen LogP contribution in [0.5, 0.6) is 0 Å². The van der Waals surface area contributed by atoms with Crippen molar-refractivity contribution in [2.24, 2.45) is 0 Å². The molecule has 1 aliphatic rings. The summed E-state index contributed by atoms with van der Waals surface area (Å²) < 4.78 is 0. The van der Waals surface area contributed by atoms with Gasteiger partial charge in [0.15, 0.2) is 0 Å². The van der Waals surface area contributed by atoms with Gasteiger partial charge in [0.25, 0.3) is 0 Å². The van der Waals surface area contributed by atoms with Crippen molar-refractivity contribution < 1.29 is 9.90 Å². The van der Waals surface area contributed by atoms with Crippen LogP contribution >= 0.6 is 22.9 Å². The largest absolute Gasteiger partial charge is 0.395 e. The number of halogens is 1. The molecule has 0 unspecified atom stereocenters. The summed E-state index contributed by atoms with van der Waals surface area (Å²) in [7, 11) is 0. The molecule has 0 bridgehead atoms. The van der Waals surface area contributed by atoms with Crippen molar-refractivity contribution in [3.8, 4) is 0 Å². The Hall–Kier alpha value is -0.620. The van der Waals surface area contributed by atoms with Crippen molar-refractivity contribution >= 4 is 28.8 Å². The third kappa shape index (κ3) is 4.45. The van der Waals surface area contributed by atoms with Gasteiger partial charge in [-0.25, -0.2) is 0 Å². The normalized spacial score (nSPS) is 16.8. The molecular formula is C13H19ClN2O2S. The van der Waals surface area contributed by atoms with E-state index in [9.17, 15) is 4.79 Å². The van der Waals surface area contributed by atoms with E-state index in [-0.39, 0.29) is 12.5 Å². The summed E-state index contributed by atoms with van der Waals surface area (Å²) in [5, 5.41) is 11.5. The highest BCUT2D eigenvalue weighted by molar-refractivity contribution is 7.10. The summed E-state index contributed by atoms with van der Waals surface area (Å²) in [4.78, 5) is 17.3. The monoisotopic (exact) mass is 302 g/mol. The lowest BCUT2D eigenvalue weighted by Gasteiger charge is -2.34. The molecule has 1 aliphatic heterocycles. The molecule has 0 aliphatic carbocycles. The summed E-state index contributed by atoms with van der Waals surface area (Å²) in [5.74, 6) is 0.216. The topological polar surface area (TPSA) is 43.8 Å². The van der Waals surface area contributed by atoms with Crippen molar-refractivity contribution in [3.63, 3.8) is 0 Å². The first kappa shape index (κ1) is 14.8. The number of hydrogen-bond donors (Lipinski definition) is 1. The van der Waals surface area contributed by atoms with Gasteiger partial charge < -0.3 is 10.0 Å². The Morgan fingerprint density at radius 2 is 2.11 bits per heavy atom. The van der Waals surface area contributed by atoms with Gasteiger partial charge in [-0.2, -0.15) is 0 Å². The van der Waals surface area contributed by atoms with Crippen molar-refractivity contribution in [1.29, 1.82) is 0 Å². The second-order valence-corrected chi connectivity index (χ2v) is 6.11.